The van der Waals surface area contributed by atoms with Crippen LogP contribution in [-0.4, -0.2) is 34.3 Å². The van der Waals surface area contributed by atoms with Gasteiger partial charge in [-0.15, -0.1) is 0 Å². The van der Waals surface area contributed by atoms with Gasteiger partial charge in [0.25, 0.3) is 0 Å². The first-order valence-electron chi connectivity index (χ1n) is 6.53. The summed E-state index contributed by atoms with van der Waals surface area (Å²) in [5, 5.41) is 2.86. The molecule has 2 aliphatic rings. The molecule has 4 heteroatoms. The summed E-state index contributed by atoms with van der Waals surface area (Å²) in [5.41, 5.74) is -0.758. The summed E-state index contributed by atoms with van der Waals surface area (Å²) in [7, 11) is 0. The lowest BCUT2D eigenvalue weighted by atomic mass is 9.93. The largest absolute Gasteiger partial charge is 0.340 e. The third-order valence-corrected chi connectivity index (χ3v) is 3.91. The van der Waals surface area contributed by atoms with E-state index in [0.717, 1.165) is 19.3 Å². The predicted molar refractivity (Wildman–Crippen MR) is 65.3 cm³/mol. The maximum Gasteiger partial charge on any atom is 0.248 e. The molecule has 1 saturated carbocycles. The SMILES string of the molecule is CCC(C)N1C(=O)C(C)(C)NC(=O)C1C1CC1. The third kappa shape index (κ3) is 2.05. The van der Waals surface area contributed by atoms with Gasteiger partial charge in [0.05, 0.1) is 0 Å². The number of rotatable bonds is 3. The van der Waals surface area contributed by atoms with Crippen LogP contribution in [0.1, 0.15) is 47.0 Å². The molecule has 2 amide bonds. The van der Waals surface area contributed by atoms with E-state index in [1.54, 1.807) is 13.8 Å². The zero-order chi connectivity index (χ0) is 12.8. The highest BCUT2D eigenvalue weighted by Crippen LogP contribution is 2.39. The lowest BCUT2D eigenvalue weighted by Gasteiger charge is -2.45. The summed E-state index contributed by atoms with van der Waals surface area (Å²) in [6, 6.07) is -0.0936. The zero-order valence-electron chi connectivity index (χ0n) is 11.1. The highest BCUT2D eigenvalue weighted by Gasteiger charge is 2.51. The molecule has 0 aromatic carbocycles. The van der Waals surface area contributed by atoms with Crippen LogP contribution in [0.15, 0.2) is 0 Å². The van der Waals surface area contributed by atoms with E-state index in [4.69, 9.17) is 0 Å². The number of nitrogens with one attached hydrogen (secondary N) is 1. The summed E-state index contributed by atoms with van der Waals surface area (Å²) in [4.78, 5) is 26.4. The number of hydrogen-bond acceptors (Lipinski definition) is 2. The Morgan fingerprint density at radius 3 is 2.47 bits per heavy atom. The van der Waals surface area contributed by atoms with E-state index >= 15 is 0 Å². The molecule has 0 aromatic heterocycles. The Hall–Kier alpha value is -1.06. The molecule has 17 heavy (non-hydrogen) atoms. The molecular weight excluding hydrogens is 216 g/mol. The number of hydrogen-bond donors (Lipinski definition) is 1. The van der Waals surface area contributed by atoms with Gasteiger partial charge in [-0.05, 0) is 46.0 Å². The van der Waals surface area contributed by atoms with Crippen molar-refractivity contribution in [3.8, 4) is 0 Å². The molecule has 0 radical (unpaired) electrons. The average molecular weight is 238 g/mol. The molecule has 1 heterocycles. The number of amides is 2. The first-order chi connectivity index (χ1) is 7.88. The average Bonchev–Trinajstić information content (AvgIpc) is 3.05. The van der Waals surface area contributed by atoms with Crippen molar-refractivity contribution in [1.29, 1.82) is 0 Å². The number of nitrogens with zero attached hydrogens (tertiary/aromatic N) is 1. The van der Waals surface area contributed by atoms with Gasteiger partial charge < -0.3 is 10.2 Å². The molecular formula is C13H22N2O2. The van der Waals surface area contributed by atoms with Gasteiger partial charge in [-0.25, -0.2) is 0 Å². The monoisotopic (exact) mass is 238 g/mol. The standard InChI is InChI=1S/C13H22N2O2/c1-5-8(2)15-10(9-6-7-9)11(16)14-13(3,4)12(15)17/h8-10H,5-7H2,1-4H3,(H,14,16). The Morgan fingerprint density at radius 2 is 2.00 bits per heavy atom. The van der Waals surface area contributed by atoms with E-state index in [-0.39, 0.29) is 23.9 Å². The smallest absolute Gasteiger partial charge is 0.248 e. The predicted octanol–water partition coefficient (Wildman–Crippen LogP) is 1.30. The second-order valence-corrected chi connectivity index (χ2v) is 5.87. The summed E-state index contributed by atoms with van der Waals surface area (Å²) in [6.07, 6.45) is 3.02. The maximum atomic E-state index is 12.4. The van der Waals surface area contributed by atoms with E-state index in [1.165, 1.54) is 0 Å². The van der Waals surface area contributed by atoms with Gasteiger partial charge in [-0.2, -0.15) is 0 Å². The molecule has 2 rings (SSSR count). The Morgan fingerprint density at radius 1 is 1.41 bits per heavy atom. The summed E-state index contributed by atoms with van der Waals surface area (Å²) >= 11 is 0. The highest BCUT2D eigenvalue weighted by atomic mass is 16.2. The molecule has 0 bridgehead atoms. The zero-order valence-corrected chi connectivity index (χ0v) is 11.1. The van der Waals surface area contributed by atoms with Gasteiger partial charge in [0.2, 0.25) is 11.8 Å². The van der Waals surface area contributed by atoms with Gasteiger partial charge in [0, 0.05) is 6.04 Å². The van der Waals surface area contributed by atoms with Crippen LogP contribution in [0, 0.1) is 5.92 Å². The minimum absolute atomic E-state index is 0.0254. The van der Waals surface area contributed by atoms with Gasteiger partial charge in [0.15, 0.2) is 0 Å². The second-order valence-electron chi connectivity index (χ2n) is 5.87. The van der Waals surface area contributed by atoms with Crippen LogP contribution in [0.5, 0.6) is 0 Å². The molecule has 0 spiro atoms. The van der Waals surface area contributed by atoms with Crippen molar-refractivity contribution in [3.05, 3.63) is 0 Å². The second kappa shape index (κ2) is 4.00. The van der Waals surface area contributed by atoms with Crippen LogP contribution < -0.4 is 5.32 Å². The quantitative estimate of drug-likeness (QED) is 0.805. The Bertz CT molecular complexity index is 347. The van der Waals surface area contributed by atoms with Crippen molar-refractivity contribution >= 4 is 11.8 Å². The van der Waals surface area contributed by atoms with Crippen LogP contribution >= 0.6 is 0 Å². The molecule has 1 saturated heterocycles. The van der Waals surface area contributed by atoms with Crippen LogP contribution in [0.3, 0.4) is 0 Å². The summed E-state index contributed by atoms with van der Waals surface area (Å²) in [5.74, 6) is 0.463. The molecule has 1 aliphatic heterocycles. The Kier molecular flexibility index (Phi) is 2.92. The van der Waals surface area contributed by atoms with Crippen molar-refractivity contribution < 1.29 is 9.59 Å². The third-order valence-electron chi connectivity index (χ3n) is 3.91. The van der Waals surface area contributed by atoms with Gasteiger partial charge in [0.1, 0.15) is 11.6 Å². The molecule has 2 unspecified atom stereocenters. The van der Waals surface area contributed by atoms with E-state index in [9.17, 15) is 9.59 Å². The summed E-state index contributed by atoms with van der Waals surface area (Å²) in [6.45, 7) is 7.65. The Labute approximate surface area is 103 Å². The van der Waals surface area contributed by atoms with Crippen molar-refractivity contribution in [3.63, 3.8) is 0 Å². The van der Waals surface area contributed by atoms with E-state index < -0.39 is 5.54 Å². The lowest BCUT2D eigenvalue weighted by molar-refractivity contribution is -0.157. The van der Waals surface area contributed by atoms with Crippen molar-refractivity contribution in [2.24, 2.45) is 5.92 Å². The molecule has 4 nitrogen and oxygen atoms in total. The fourth-order valence-electron chi connectivity index (χ4n) is 2.53. The van der Waals surface area contributed by atoms with Crippen LogP contribution in [0.4, 0.5) is 0 Å². The fraction of sp³-hybridized carbons (Fsp3) is 0.846. The maximum absolute atomic E-state index is 12.4. The van der Waals surface area contributed by atoms with Crippen molar-refractivity contribution in [2.45, 2.75) is 64.6 Å². The van der Waals surface area contributed by atoms with Crippen molar-refractivity contribution in [1.82, 2.24) is 10.2 Å². The van der Waals surface area contributed by atoms with Crippen LogP contribution in [0.2, 0.25) is 0 Å². The molecule has 1 N–H and O–H groups in total. The molecule has 0 aromatic rings. The number of carbonyl (C=O) groups excluding carboxylic acids is 2. The van der Waals surface area contributed by atoms with E-state index in [1.807, 2.05) is 11.8 Å². The molecule has 2 fully saturated rings. The topological polar surface area (TPSA) is 49.4 Å². The van der Waals surface area contributed by atoms with Gasteiger partial charge >= 0.3 is 0 Å². The van der Waals surface area contributed by atoms with Crippen LogP contribution in [-0.2, 0) is 9.59 Å². The summed E-state index contributed by atoms with van der Waals surface area (Å²) < 4.78 is 0. The minimum Gasteiger partial charge on any atom is -0.340 e. The van der Waals surface area contributed by atoms with Gasteiger partial charge in [-0.1, -0.05) is 6.92 Å². The fourth-order valence-corrected chi connectivity index (χ4v) is 2.53. The van der Waals surface area contributed by atoms with E-state index in [0.29, 0.717) is 5.92 Å². The highest BCUT2D eigenvalue weighted by molar-refractivity contribution is 5.99. The lowest BCUT2D eigenvalue weighted by Crippen LogP contribution is -2.70. The number of carbonyl (C=O) groups is 2. The molecule has 2 atom stereocenters. The van der Waals surface area contributed by atoms with Crippen molar-refractivity contribution in [2.75, 3.05) is 0 Å². The first-order valence-corrected chi connectivity index (χ1v) is 6.53. The normalized spacial score (nSPS) is 30.1. The first kappa shape index (κ1) is 12.4. The van der Waals surface area contributed by atoms with Gasteiger partial charge in [-0.3, -0.25) is 9.59 Å². The minimum atomic E-state index is -0.758. The number of piperazine rings is 1. The Balaban J connectivity index is 2.31. The van der Waals surface area contributed by atoms with Crippen LogP contribution in [0.25, 0.3) is 0 Å². The molecule has 96 valence electrons. The van der Waals surface area contributed by atoms with E-state index in [2.05, 4.69) is 12.2 Å². The molecule has 1 aliphatic carbocycles.